The summed E-state index contributed by atoms with van der Waals surface area (Å²) in [5.74, 6) is 1.21. The molecule has 166 valence electrons. The van der Waals surface area contributed by atoms with Crippen LogP contribution in [-0.2, 0) is 0 Å². The van der Waals surface area contributed by atoms with Crippen LogP contribution >= 0.6 is 0 Å². The number of allylic oxidation sites excluding steroid dienone is 1. The molecule has 0 radical (unpaired) electrons. The molecule has 0 aliphatic heterocycles. The molecule has 0 unspecified atom stereocenters. The molecule has 5 N–H and O–H groups in total. The van der Waals surface area contributed by atoms with E-state index in [-0.39, 0.29) is 0 Å². The van der Waals surface area contributed by atoms with E-state index >= 15 is 0 Å². The fourth-order valence-electron chi connectivity index (χ4n) is 4.04. The van der Waals surface area contributed by atoms with E-state index in [1.54, 1.807) is 0 Å². The number of ether oxygens (including phenoxy) is 1. The van der Waals surface area contributed by atoms with Crippen LogP contribution in [0.3, 0.4) is 0 Å². The summed E-state index contributed by atoms with van der Waals surface area (Å²) in [4.78, 5) is 0. The molecule has 0 spiro atoms. The molecule has 3 aromatic carbocycles. The van der Waals surface area contributed by atoms with Gasteiger partial charge in [-0.3, -0.25) is 0 Å². The first-order chi connectivity index (χ1) is 15.5. The number of rotatable bonds is 9. The summed E-state index contributed by atoms with van der Waals surface area (Å²) in [5, 5.41) is 7.78. The lowest BCUT2D eigenvalue weighted by Gasteiger charge is -2.21. The van der Waals surface area contributed by atoms with E-state index in [2.05, 4.69) is 57.2 Å². The van der Waals surface area contributed by atoms with E-state index in [0.717, 1.165) is 34.4 Å². The van der Waals surface area contributed by atoms with Crippen LogP contribution in [0.25, 0.3) is 11.1 Å². The van der Waals surface area contributed by atoms with Crippen LogP contribution < -0.4 is 16.2 Å². The van der Waals surface area contributed by atoms with Gasteiger partial charge >= 0.3 is 0 Å². The molecule has 0 amide bonds. The summed E-state index contributed by atoms with van der Waals surface area (Å²) in [6.45, 7) is 7.62. The van der Waals surface area contributed by atoms with Crippen molar-refractivity contribution in [3.8, 4) is 5.75 Å². The second-order valence-corrected chi connectivity index (χ2v) is 8.10. The van der Waals surface area contributed by atoms with Crippen LogP contribution in [0.4, 0.5) is 5.69 Å². The highest BCUT2D eigenvalue weighted by molar-refractivity contribution is 6.00. The normalized spacial score (nSPS) is 11.9. The SMILES string of the molecule is CC/C(=C(/c1ccc(OCCN)cc1)c1ccc(N)c(C=N)c1)c1ccccc1C(C)C. The maximum atomic E-state index is 7.78. The van der Waals surface area contributed by atoms with E-state index in [0.29, 0.717) is 24.8 Å². The third-order valence-corrected chi connectivity index (χ3v) is 5.62. The van der Waals surface area contributed by atoms with Crippen molar-refractivity contribution >= 4 is 23.0 Å². The van der Waals surface area contributed by atoms with Crippen LogP contribution in [0, 0.1) is 5.41 Å². The van der Waals surface area contributed by atoms with Crippen LogP contribution in [0.15, 0.2) is 66.7 Å². The molecular weight excluding hydrogens is 394 g/mol. The highest BCUT2D eigenvalue weighted by atomic mass is 16.5. The summed E-state index contributed by atoms with van der Waals surface area (Å²) < 4.78 is 5.68. The van der Waals surface area contributed by atoms with Gasteiger partial charge in [0.15, 0.2) is 0 Å². The number of nitrogens with two attached hydrogens (primary N) is 2. The Bertz CT molecular complexity index is 1100. The van der Waals surface area contributed by atoms with E-state index in [4.69, 9.17) is 21.6 Å². The Labute approximate surface area is 191 Å². The van der Waals surface area contributed by atoms with Gasteiger partial charge in [0.1, 0.15) is 12.4 Å². The summed E-state index contributed by atoms with van der Waals surface area (Å²) in [6, 6.07) is 22.7. The van der Waals surface area contributed by atoms with Gasteiger partial charge in [-0.1, -0.05) is 63.2 Å². The van der Waals surface area contributed by atoms with Crippen molar-refractivity contribution < 1.29 is 4.74 Å². The van der Waals surface area contributed by atoms with Crippen molar-refractivity contribution in [1.82, 2.24) is 0 Å². The topological polar surface area (TPSA) is 85.1 Å². The van der Waals surface area contributed by atoms with Crippen molar-refractivity contribution in [1.29, 1.82) is 5.41 Å². The molecule has 0 aromatic heterocycles. The van der Waals surface area contributed by atoms with Gasteiger partial charge < -0.3 is 21.6 Å². The largest absolute Gasteiger partial charge is 0.492 e. The molecule has 4 nitrogen and oxygen atoms in total. The Morgan fingerprint density at radius 2 is 1.69 bits per heavy atom. The van der Waals surface area contributed by atoms with Gasteiger partial charge in [0.25, 0.3) is 0 Å². The minimum absolute atomic E-state index is 0.407. The maximum Gasteiger partial charge on any atom is 0.119 e. The Balaban J connectivity index is 2.28. The van der Waals surface area contributed by atoms with E-state index < -0.39 is 0 Å². The Kier molecular flexibility index (Phi) is 7.85. The van der Waals surface area contributed by atoms with Gasteiger partial charge in [0.05, 0.1) is 0 Å². The zero-order chi connectivity index (χ0) is 23.1. The number of hydrogen-bond donors (Lipinski definition) is 3. The number of nitrogen functional groups attached to an aromatic ring is 1. The van der Waals surface area contributed by atoms with E-state index in [9.17, 15) is 0 Å². The highest BCUT2D eigenvalue weighted by Crippen LogP contribution is 2.38. The molecule has 0 aliphatic rings. The molecule has 4 heteroatoms. The van der Waals surface area contributed by atoms with Crippen molar-refractivity contribution in [2.24, 2.45) is 5.73 Å². The summed E-state index contributed by atoms with van der Waals surface area (Å²) in [6.07, 6.45) is 2.18. The molecule has 32 heavy (non-hydrogen) atoms. The van der Waals surface area contributed by atoms with Crippen LogP contribution in [0.2, 0.25) is 0 Å². The van der Waals surface area contributed by atoms with Crippen molar-refractivity contribution in [3.05, 3.63) is 94.5 Å². The van der Waals surface area contributed by atoms with Crippen molar-refractivity contribution in [3.63, 3.8) is 0 Å². The Hall–Kier alpha value is -3.37. The second-order valence-electron chi connectivity index (χ2n) is 8.10. The first kappa shape index (κ1) is 23.3. The molecule has 3 aromatic rings. The highest BCUT2D eigenvalue weighted by Gasteiger charge is 2.17. The molecule has 0 saturated heterocycles. The minimum atomic E-state index is 0.407. The fraction of sp³-hybridized carbons (Fsp3) is 0.250. The number of nitrogens with one attached hydrogen (secondary N) is 1. The van der Waals surface area contributed by atoms with Gasteiger partial charge in [-0.15, -0.1) is 0 Å². The van der Waals surface area contributed by atoms with Crippen LogP contribution in [0.1, 0.15) is 60.9 Å². The standard InChI is InChI=1S/C28H33N3O/c1-4-24(26-8-6-5-7-25(26)19(2)3)28(21-11-14-27(31)22(17-21)18-30)20-9-12-23(13-10-20)32-16-15-29/h5-14,17-19,30H,4,15-16,29,31H2,1-3H3/b28-24+,30-18?. The summed E-state index contributed by atoms with van der Waals surface area (Å²) in [5.41, 5.74) is 20.1. The fourth-order valence-corrected chi connectivity index (χ4v) is 4.04. The number of benzene rings is 3. The summed E-state index contributed by atoms with van der Waals surface area (Å²) in [7, 11) is 0. The van der Waals surface area contributed by atoms with E-state index in [1.807, 2.05) is 30.3 Å². The minimum Gasteiger partial charge on any atom is -0.492 e. The maximum absolute atomic E-state index is 7.78. The number of hydrogen-bond acceptors (Lipinski definition) is 4. The summed E-state index contributed by atoms with van der Waals surface area (Å²) >= 11 is 0. The lowest BCUT2D eigenvalue weighted by atomic mass is 9.84. The number of anilines is 1. The third-order valence-electron chi connectivity index (χ3n) is 5.62. The zero-order valence-corrected chi connectivity index (χ0v) is 19.2. The molecule has 0 saturated carbocycles. The first-order valence-electron chi connectivity index (χ1n) is 11.2. The lowest BCUT2D eigenvalue weighted by molar-refractivity contribution is 0.328. The zero-order valence-electron chi connectivity index (χ0n) is 19.2. The molecule has 0 atom stereocenters. The van der Waals surface area contributed by atoms with Gasteiger partial charge in [0, 0.05) is 24.0 Å². The molecule has 0 bridgehead atoms. The molecule has 3 rings (SSSR count). The smallest absolute Gasteiger partial charge is 0.119 e. The van der Waals surface area contributed by atoms with Crippen molar-refractivity contribution in [2.45, 2.75) is 33.1 Å². The van der Waals surface area contributed by atoms with Gasteiger partial charge in [-0.25, -0.2) is 0 Å². The monoisotopic (exact) mass is 427 g/mol. The predicted octanol–water partition coefficient (Wildman–Crippen LogP) is 6.10. The van der Waals surface area contributed by atoms with Crippen LogP contribution in [0.5, 0.6) is 5.75 Å². The molecule has 0 fully saturated rings. The first-order valence-corrected chi connectivity index (χ1v) is 11.2. The predicted molar refractivity (Wildman–Crippen MR) is 136 cm³/mol. The Morgan fingerprint density at radius 1 is 1.00 bits per heavy atom. The third kappa shape index (κ3) is 5.09. The average Bonchev–Trinajstić information content (AvgIpc) is 2.82. The van der Waals surface area contributed by atoms with E-state index in [1.165, 1.54) is 22.9 Å². The lowest BCUT2D eigenvalue weighted by Crippen LogP contribution is -2.10. The van der Waals surface area contributed by atoms with Gasteiger partial charge in [-0.2, -0.15) is 0 Å². The quantitative estimate of drug-likeness (QED) is 0.219. The molecule has 0 heterocycles. The van der Waals surface area contributed by atoms with Crippen LogP contribution in [-0.4, -0.2) is 19.4 Å². The van der Waals surface area contributed by atoms with Gasteiger partial charge in [0.2, 0.25) is 0 Å². The second kappa shape index (κ2) is 10.8. The Morgan fingerprint density at radius 3 is 2.31 bits per heavy atom. The average molecular weight is 428 g/mol. The molecular formula is C28H33N3O. The van der Waals surface area contributed by atoms with Crippen molar-refractivity contribution in [2.75, 3.05) is 18.9 Å². The van der Waals surface area contributed by atoms with Gasteiger partial charge in [-0.05, 0) is 70.0 Å². The molecule has 0 aliphatic carbocycles.